The Morgan fingerprint density at radius 2 is 1.94 bits per heavy atom. The van der Waals surface area contributed by atoms with Gasteiger partial charge in [-0.1, -0.05) is 13.8 Å². The fourth-order valence-corrected chi connectivity index (χ4v) is 2.39. The number of likely N-dealkylation sites (N-methyl/N-ethyl adjacent to an activating group) is 1. The fourth-order valence-electron chi connectivity index (χ4n) is 2.39. The number of carbonyl (C=O) groups is 1. The van der Waals surface area contributed by atoms with Crippen LogP contribution in [0.3, 0.4) is 0 Å². The van der Waals surface area contributed by atoms with Crippen molar-refractivity contribution in [1.29, 1.82) is 0 Å². The van der Waals surface area contributed by atoms with E-state index in [1.165, 1.54) is 0 Å². The van der Waals surface area contributed by atoms with Gasteiger partial charge in [0.05, 0.1) is 5.54 Å². The SMILES string of the molecule is CCn1ccnc1C(=O)C(CC)(CC)N(C)C. The molecule has 0 aliphatic heterocycles. The van der Waals surface area contributed by atoms with E-state index < -0.39 is 5.54 Å². The Bertz CT molecular complexity index is 378. The summed E-state index contributed by atoms with van der Waals surface area (Å²) in [5, 5.41) is 0. The van der Waals surface area contributed by atoms with Gasteiger partial charge in [0.25, 0.3) is 0 Å². The number of ketones is 1. The normalized spacial score (nSPS) is 12.1. The van der Waals surface area contributed by atoms with Gasteiger partial charge in [-0.25, -0.2) is 4.98 Å². The Labute approximate surface area is 104 Å². The van der Waals surface area contributed by atoms with Crippen LogP contribution in [0, 0.1) is 0 Å². The lowest BCUT2D eigenvalue weighted by atomic mass is 9.86. The number of aryl methyl sites for hydroxylation is 1. The molecule has 17 heavy (non-hydrogen) atoms. The van der Waals surface area contributed by atoms with Gasteiger partial charge in [-0.3, -0.25) is 9.69 Å². The predicted molar refractivity (Wildman–Crippen MR) is 69.2 cm³/mol. The maximum Gasteiger partial charge on any atom is 0.218 e. The van der Waals surface area contributed by atoms with E-state index in [2.05, 4.69) is 18.8 Å². The van der Waals surface area contributed by atoms with Crippen molar-refractivity contribution >= 4 is 5.78 Å². The minimum absolute atomic E-state index is 0.124. The standard InChI is InChI=1S/C13H23N3O/c1-6-13(7-2,15(4)5)11(17)12-14-9-10-16(12)8-3/h9-10H,6-8H2,1-5H3. The lowest BCUT2D eigenvalue weighted by Crippen LogP contribution is -2.51. The summed E-state index contributed by atoms with van der Waals surface area (Å²) in [6.07, 6.45) is 5.15. The van der Waals surface area contributed by atoms with Crippen molar-refractivity contribution < 1.29 is 4.79 Å². The van der Waals surface area contributed by atoms with E-state index in [9.17, 15) is 4.79 Å². The molecule has 0 saturated heterocycles. The molecule has 4 nitrogen and oxygen atoms in total. The highest BCUT2D eigenvalue weighted by Crippen LogP contribution is 2.25. The molecule has 0 aliphatic rings. The Morgan fingerprint density at radius 3 is 2.35 bits per heavy atom. The van der Waals surface area contributed by atoms with Crippen LogP contribution in [0.15, 0.2) is 12.4 Å². The first-order valence-electron chi connectivity index (χ1n) is 6.26. The zero-order valence-corrected chi connectivity index (χ0v) is 11.5. The maximum absolute atomic E-state index is 12.7. The van der Waals surface area contributed by atoms with Gasteiger partial charge < -0.3 is 4.57 Å². The number of hydrogen-bond acceptors (Lipinski definition) is 3. The molecule has 0 bridgehead atoms. The second-order valence-electron chi connectivity index (χ2n) is 4.50. The van der Waals surface area contributed by atoms with Crippen LogP contribution in [0.2, 0.25) is 0 Å². The first-order chi connectivity index (χ1) is 8.03. The fraction of sp³-hybridized carbons (Fsp3) is 0.692. The second kappa shape index (κ2) is 5.45. The monoisotopic (exact) mass is 237 g/mol. The summed E-state index contributed by atoms with van der Waals surface area (Å²) in [7, 11) is 3.92. The number of aromatic nitrogens is 2. The molecule has 4 heteroatoms. The molecule has 0 N–H and O–H groups in total. The Kier molecular flexibility index (Phi) is 4.46. The molecule has 0 fully saturated rings. The molecule has 0 radical (unpaired) electrons. The summed E-state index contributed by atoms with van der Waals surface area (Å²) in [6.45, 7) is 6.91. The molecular weight excluding hydrogens is 214 g/mol. The van der Waals surface area contributed by atoms with Crippen molar-refractivity contribution in [2.24, 2.45) is 0 Å². The first kappa shape index (κ1) is 13.9. The second-order valence-corrected chi connectivity index (χ2v) is 4.50. The molecule has 1 rings (SSSR count). The van der Waals surface area contributed by atoms with E-state index in [0.717, 1.165) is 19.4 Å². The van der Waals surface area contributed by atoms with Crippen molar-refractivity contribution in [1.82, 2.24) is 14.5 Å². The number of hydrogen-bond donors (Lipinski definition) is 0. The lowest BCUT2D eigenvalue weighted by molar-refractivity contribution is 0.0640. The van der Waals surface area contributed by atoms with Gasteiger partial charge in [0.2, 0.25) is 5.78 Å². The van der Waals surface area contributed by atoms with Gasteiger partial charge in [0.1, 0.15) is 0 Å². The van der Waals surface area contributed by atoms with Gasteiger partial charge >= 0.3 is 0 Å². The third-order valence-electron chi connectivity index (χ3n) is 3.71. The van der Waals surface area contributed by atoms with Crippen LogP contribution in [0.25, 0.3) is 0 Å². The average Bonchev–Trinajstić information content (AvgIpc) is 2.78. The molecule has 96 valence electrons. The highest BCUT2D eigenvalue weighted by atomic mass is 16.1. The summed E-state index contributed by atoms with van der Waals surface area (Å²) in [4.78, 5) is 18.9. The van der Waals surface area contributed by atoms with Crippen molar-refractivity contribution in [2.45, 2.75) is 45.7 Å². The van der Waals surface area contributed by atoms with Crippen LogP contribution < -0.4 is 0 Å². The van der Waals surface area contributed by atoms with E-state index in [1.54, 1.807) is 6.20 Å². The molecule has 0 unspecified atom stereocenters. The third-order valence-corrected chi connectivity index (χ3v) is 3.71. The molecule has 0 aliphatic carbocycles. The van der Waals surface area contributed by atoms with E-state index in [1.807, 2.05) is 36.7 Å². The van der Waals surface area contributed by atoms with Gasteiger partial charge in [-0.2, -0.15) is 0 Å². The smallest absolute Gasteiger partial charge is 0.218 e. The topological polar surface area (TPSA) is 38.1 Å². The molecule has 0 amide bonds. The van der Waals surface area contributed by atoms with Crippen LogP contribution in [-0.4, -0.2) is 39.9 Å². The Balaban J connectivity index is 3.17. The van der Waals surface area contributed by atoms with E-state index in [-0.39, 0.29) is 5.78 Å². The summed E-state index contributed by atoms with van der Waals surface area (Å²) >= 11 is 0. The quantitative estimate of drug-likeness (QED) is 0.712. The van der Waals surface area contributed by atoms with E-state index in [4.69, 9.17) is 0 Å². The Morgan fingerprint density at radius 1 is 1.35 bits per heavy atom. The van der Waals surface area contributed by atoms with Crippen LogP contribution >= 0.6 is 0 Å². The highest BCUT2D eigenvalue weighted by Gasteiger charge is 2.39. The van der Waals surface area contributed by atoms with Crippen molar-refractivity contribution in [2.75, 3.05) is 14.1 Å². The van der Waals surface area contributed by atoms with Gasteiger partial charge in [0.15, 0.2) is 5.82 Å². The third kappa shape index (κ3) is 2.27. The zero-order valence-electron chi connectivity index (χ0n) is 11.5. The van der Waals surface area contributed by atoms with Gasteiger partial charge in [-0.15, -0.1) is 0 Å². The van der Waals surface area contributed by atoms with E-state index in [0.29, 0.717) is 5.82 Å². The van der Waals surface area contributed by atoms with Crippen LogP contribution in [0.1, 0.15) is 44.2 Å². The van der Waals surface area contributed by atoms with Crippen molar-refractivity contribution in [3.8, 4) is 0 Å². The average molecular weight is 237 g/mol. The van der Waals surface area contributed by atoms with E-state index >= 15 is 0 Å². The Hall–Kier alpha value is -1.16. The number of imidazole rings is 1. The summed E-state index contributed by atoms with van der Waals surface area (Å²) in [5.41, 5.74) is -0.432. The molecule has 0 atom stereocenters. The maximum atomic E-state index is 12.7. The van der Waals surface area contributed by atoms with Gasteiger partial charge in [0, 0.05) is 18.9 Å². The zero-order chi connectivity index (χ0) is 13.1. The molecule has 1 heterocycles. The number of nitrogens with zero attached hydrogens (tertiary/aromatic N) is 3. The summed E-state index contributed by atoms with van der Waals surface area (Å²) in [6, 6.07) is 0. The largest absolute Gasteiger partial charge is 0.329 e. The number of carbonyl (C=O) groups excluding carboxylic acids is 1. The number of Topliss-reactive ketones (excluding diaryl/α,β-unsaturated/α-hetero) is 1. The summed E-state index contributed by atoms with van der Waals surface area (Å²) in [5.74, 6) is 0.698. The molecule has 0 spiro atoms. The molecular formula is C13H23N3O. The van der Waals surface area contributed by atoms with Crippen LogP contribution in [0.5, 0.6) is 0 Å². The highest BCUT2D eigenvalue weighted by molar-refractivity contribution is 6.00. The van der Waals surface area contributed by atoms with Gasteiger partial charge in [-0.05, 0) is 33.9 Å². The molecule has 1 aromatic heterocycles. The number of rotatable bonds is 6. The molecule has 0 aromatic carbocycles. The molecule has 1 aromatic rings. The molecule has 0 saturated carbocycles. The predicted octanol–water partition coefficient (Wildman–Crippen LogP) is 2.21. The lowest BCUT2D eigenvalue weighted by Gasteiger charge is -2.36. The van der Waals surface area contributed by atoms with Crippen LogP contribution in [0.4, 0.5) is 0 Å². The van der Waals surface area contributed by atoms with Crippen molar-refractivity contribution in [3.63, 3.8) is 0 Å². The minimum Gasteiger partial charge on any atom is -0.329 e. The van der Waals surface area contributed by atoms with Crippen LogP contribution in [-0.2, 0) is 6.54 Å². The summed E-state index contributed by atoms with van der Waals surface area (Å²) < 4.78 is 1.91. The first-order valence-corrected chi connectivity index (χ1v) is 6.26. The van der Waals surface area contributed by atoms with Crippen molar-refractivity contribution in [3.05, 3.63) is 18.2 Å². The minimum atomic E-state index is -0.432.